The summed E-state index contributed by atoms with van der Waals surface area (Å²) in [6.07, 6.45) is 1.60. The third-order valence-corrected chi connectivity index (χ3v) is 2.55. The molecule has 0 aliphatic rings. The van der Waals surface area contributed by atoms with Crippen LogP contribution in [-0.2, 0) is 0 Å². The highest BCUT2D eigenvalue weighted by atomic mass is 79.9. The Labute approximate surface area is 108 Å². The molecule has 0 bridgehead atoms. The van der Waals surface area contributed by atoms with Crippen LogP contribution in [0.5, 0.6) is 0 Å². The maximum atomic E-state index is 12.2. The van der Waals surface area contributed by atoms with Crippen LogP contribution >= 0.6 is 31.9 Å². The second-order valence-electron chi connectivity index (χ2n) is 2.79. The molecule has 0 radical (unpaired) electrons. The van der Waals surface area contributed by atoms with Crippen LogP contribution in [-0.4, -0.2) is 10.8 Å². The van der Waals surface area contributed by atoms with Gasteiger partial charge in [-0.2, -0.15) is 0 Å². The van der Waals surface area contributed by atoms with E-state index in [1.165, 1.54) is 0 Å². The van der Waals surface area contributed by atoms with E-state index in [2.05, 4.69) is 36.8 Å². The summed E-state index contributed by atoms with van der Waals surface area (Å²) < 4.78 is 23.8. The van der Waals surface area contributed by atoms with Gasteiger partial charge in [0.15, 0.2) is 0 Å². The molecule has 15 heavy (non-hydrogen) atoms. The molecule has 0 aliphatic carbocycles. The van der Waals surface area contributed by atoms with Crippen molar-refractivity contribution >= 4 is 37.6 Å². The van der Waals surface area contributed by atoms with Gasteiger partial charge >= 0.3 is 0 Å². The minimum atomic E-state index is -0.434. The first-order chi connectivity index (χ1) is 8.45. The molecule has 0 saturated carbocycles. The number of aromatic amines is 1. The zero-order chi connectivity index (χ0) is 13.4. The van der Waals surface area contributed by atoms with Gasteiger partial charge in [-0.15, -0.1) is 0 Å². The van der Waals surface area contributed by atoms with E-state index in [-0.39, 0.29) is 32.6 Å². The van der Waals surface area contributed by atoms with Gasteiger partial charge in [-0.05, 0) is 30.3 Å². The van der Waals surface area contributed by atoms with E-state index in [4.69, 9.17) is 4.11 Å². The molecular formula is C11H7Br2NO. The highest BCUT2D eigenvalue weighted by Crippen LogP contribution is 2.21. The largest absolute Gasteiger partial charge is 0.359 e. The van der Waals surface area contributed by atoms with Gasteiger partial charge < -0.3 is 4.98 Å². The number of carbonyl (C=O) groups excluding carboxylic acids is 1. The van der Waals surface area contributed by atoms with Crippen molar-refractivity contribution in [3.8, 4) is 0 Å². The van der Waals surface area contributed by atoms with Gasteiger partial charge in [-0.1, -0.05) is 31.9 Å². The number of H-pyrrole nitrogens is 1. The Kier molecular flexibility index (Phi) is 2.14. The number of rotatable bonds is 2. The maximum absolute atomic E-state index is 12.2. The van der Waals surface area contributed by atoms with Crippen molar-refractivity contribution in [2.45, 2.75) is 0 Å². The van der Waals surface area contributed by atoms with E-state index in [0.717, 1.165) is 0 Å². The summed E-state index contributed by atoms with van der Waals surface area (Å²) in [7, 11) is 0. The number of aromatic nitrogens is 1. The van der Waals surface area contributed by atoms with Gasteiger partial charge in [0.05, 0.1) is 9.81 Å². The molecule has 0 unspecified atom stereocenters. The van der Waals surface area contributed by atoms with Crippen molar-refractivity contribution in [1.82, 2.24) is 4.98 Å². The lowest BCUT2D eigenvalue weighted by Gasteiger charge is -2.00. The smallest absolute Gasteiger partial charge is 0.209 e. The van der Waals surface area contributed by atoms with Gasteiger partial charge in [0.1, 0.15) is 0 Å². The van der Waals surface area contributed by atoms with Crippen LogP contribution in [0, 0.1) is 0 Å². The molecule has 4 heteroatoms. The maximum Gasteiger partial charge on any atom is 0.209 e. The third kappa shape index (κ3) is 2.38. The Balaban J connectivity index is 2.69. The molecule has 0 fully saturated rings. The van der Waals surface area contributed by atoms with E-state index in [0.29, 0.717) is 5.69 Å². The average Bonchev–Trinajstić information content (AvgIpc) is 2.88. The summed E-state index contributed by atoms with van der Waals surface area (Å²) in [6.45, 7) is 0. The molecule has 1 heterocycles. The molecule has 1 aromatic heterocycles. The molecule has 2 nitrogen and oxygen atoms in total. The molecule has 0 atom stereocenters. The first kappa shape index (κ1) is 7.41. The fourth-order valence-corrected chi connectivity index (χ4v) is 2.19. The fourth-order valence-electron chi connectivity index (χ4n) is 1.13. The van der Waals surface area contributed by atoms with Gasteiger partial charge in [0, 0.05) is 20.7 Å². The van der Waals surface area contributed by atoms with Crippen LogP contribution in [0.4, 0.5) is 0 Å². The predicted octanol–water partition coefficient (Wildman–Crippen LogP) is 3.77. The normalized spacial score (nSPS) is 13.1. The number of benzene rings is 1. The topological polar surface area (TPSA) is 32.9 Å². The number of carbonyl (C=O) groups is 1. The lowest BCUT2D eigenvalue weighted by Crippen LogP contribution is -2.01. The Morgan fingerprint density at radius 1 is 1.27 bits per heavy atom. The van der Waals surface area contributed by atoms with Crippen molar-refractivity contribution in [3.05, 3.63) is 56.7 Å². The Morgan fingerprint density at radius 2 is 1.93 bits per heavy atom. The van der Waals surface area contributed by atoms with Crippen LogP contribution in [0.25, 0.3) is 0 Å². The quantitative estimate of drug-likeness (QED) is 0.835. The van der Waals surface area contributed by atoms with E-state index in [1.54, 1.807) is 18.3 Å². The SMILES string of the molecule is [2H]c1c(Br)c([2H])c(C(=O)c2ccc[nH]2)c([2H])c1Br. The second kappa shape index (κ2) is 4.33. The summed E-state index contributed by atoms with van der Waals surface area (Å²) >= 11 is 6.19. The number of nitrogens with one attached hydrogen (secondary N) is 1. The molecule has 1 aromatic carbocycles. The summed E-state index contributed by atoms with van der Waals surface area (Å²) in [4.78, 5) is 14.9. The second-order valence-corrected chi connectivity index (χ2v) is 4.38. The molecule has 2 aromatic rings. The molecule has 1 N–H and O–H groups in total. The summed E-state index contributed by atoms with van der Waals surface area (Å²) in [5.74, 6) is -0.434. The highest BCUT2D eigenvalue weighted by Gasteiger charge is 2.10. The summed E-state index contributed by atoms with van der Waals surface area (Å²) in [5.41, 5.74) is 0.278. The number of hydrogen-bond donors (Lipinski definition) is 1. The number of ketones is 1. The Hall–Kier alpha value is -0.870. The van der Waals surface area contributed by atoms with Crippen LogP contribution in [0.2, 0.25) is 0 Å². The monoisotopic (exact) mass is 330 g/mol. The Morgan fingerprint density at radius 3 is 2.47 bits per heavy atom. The zero-order valence-corrected chi connectivity index (χ0v) is 10.6. The van der Waals surface area contributed by atoms with Crippen molar-refractivity contribution in [1.29, 1.82) is 0 Å². The van der Waals surface area contributed by atoms with Crippen LogP contribution in [0.3, 0.4) is 0 Å². The van der Waals surface area contributed by atoms with Crippen LogP contribution in [0.1, 0.15) is 20.2 Å². The van der Waals surface area contributed by atoms with E-state index in [9.17, 15) is 4.79 Å². The molecule has 0 spiro atoms. The molecule has 76 valence electrons. The summed E-state index contributed by atoms with van der Waals surface area (Å²) in [6, 6.07) is 2.95. The number of halogens is 2. The molecule has 2 rings (SSSR count). The first-order valence-corrected chi connectivity index (χ1v) is 5.66. The third-order valence-electron chi connectivity index (χ3n) is 1.76. The average molecular weight is 332 g/mol. The minimum Gasteiger partial charge on any atom is -0.359 e. The zero-order valence-electron chi connectivity index (χ0n) is 10.4. The lowest BCUT2D eigenvalue weighted by atomic mass is 10.1. The fraction of sp³-hybridized carbons (Fsp3) is 0. The molecular weight excluding hydrogens is 322 g/mol. The van der Waals surface area contributed by atoms with Crippen LogP contribution < -0.4 is 0 Å². The van der Waals surface area contributed by atoms with E-state index < -0.39 is 5.78 Å². The van der Waals surface area contributed by atoms with Crippen molar-refractivity contribution < 1.29 is 8.91 Å². The molecule has 0 aliphatic heterocycles. The molecule has 0 amide bonds. The first-order valence-electron chi connectivity index (χ1n) is 5.58. The van der Waals surface area contributed by atoms with Crippen molar-refractivity contribution in [3.63, 3.8) is 0 Å². The van der Waals surface area contributed by atoms with Crippen molar-refractivity contribution in [2.75, 3.05) is 0 Å². The standard InChI is InChI=1S/C11H7Br2NO/c12-8-4-7(5-9(13)6-8)11(15)10-2-1-3-14-10/h1-6,14H/i4D,5D,6D. The van der Waals surface area contributed by atoms with Crippen molar-refractivity contribution in [2.24, 2.45) is 0 Å². The van der Waals surface area contributed by atoms with Gasteiger partial charge in [-0.25, -0.2) is 0 Å². The minimum absolute atomic E-state index is 0.00645. The Bertz CT molecular complexity index is 597. The summed E-state index contributed by atoms with van der Waals surface area (Å²) in [5, 5.41) is 0. The van der Waals surface area contributed by atoms with Gasteiger partial charge in [-0.3, -0.25) is 4.79 Å². The molecule has 0 saturated heterocycles. The lowest BCUT2D eigenvalue weighted by molar-refractivity contribution is 0.103. The van der Waals surface area contributed by atoms with Crippen LogP contribution in [0.15, 0.2) is 45.4 Å². The number of hydrogen-bond acceptors (Lipinski definition) is 1. The van der Waals surface area contributed by atoms with E-state index in [1.807, 2.05) is 0 Å². The van der Waals surface area contributed by atoms with E-state index >= 15 is 0 Å². The highest BCUT2D eigenvalue weighted by molar-refractivity contribution is 9.11. The predicted molar refractivity (Wildman–Crippen MR) is 66.1 cm³/mol. The van der Waals surface area contributed by atoms with Gasteiger partial charge in [0.25, 0.3) is 0 Å². The van der Waals surface area contributed by atoms with Gasteiger partial charge in [0.2, 0.25) is 5.78 Å².